The zero-order valence-electron chi connectivity index (χ0n) is 14.0. The van der Waals surface area contributed by atoms with E-state index in [0.717, 1.165) is 32.1 Å². The van der Waals surface area contributed by atoms with Gasteiger partial charge in [-0.1, -0.05) is 12.8 Å². The van der Waals surface area contributed by atoms with Crippen LogP contribution in [0.3, 0.4) is 0 Å². The van der Waals surface area contributed by atoms with Crippen molar-refractivity contribution in [2.24, 2.45) is 5.41 Å². The first-order chi connectivity index (χ1) is 11.3. The quantitative estimate of drug-likeness (QED) is 0.905. The minimum absolute atomic E-state index is 0.325. The molecule has 1 aromatic heterocycles. The van der Waals surface area contributed by atoms with Crippen LogP contribution in [0.25, 0.3) is 0 Å². The Morgan fingerprint density at radius 2 is 2.00 bits per heavy atom. The van der Waals surface area contributed by atoms with Gasteiger partial charge in [0.1, 0.15) is 0 Å². The number of hydrogen-bond donors (Lipinski definition) is 1. The molecule has 126 valence electrons. The molecule has 23 heavy (non-hydrogen) atoms. The maximum absolute atomic E-state index is 5.61. The van der Waals surface area contributed by atoms with Crippen molar-refractivity contribution in [1.29, 1.82) is 0 Å². The Morgan fingerprint density at radius 3 is 2.74 bits per heavy atom. The van der Waals surface area contributed by atoms with Crippen LogP contribution < -0.4 is 5.32 Å². The number of aromatic nitrogens is 2. The Kier molecular flexibility index (Phi) is 4.49. The molecule has 0 aromatic carbocycles. The molecule has 0 amide bonds. The van der Waals surface area contributed by atoms with Crippen molar-refractivity contribution in [3.63, 3.8) is 0 Å². The van der Waals surface area contributed by atoms with Crippen molar-refractivity contribution < 1.29 is 4.74 Å². The molecule has 1 saturated carbocycles. The van der Waals surface area contributed by atoms with Gasteiger partial charge < -0.3 is 10.1 Å². The van der Waals surface area contributed by atoms with Crippen LogP contribution in [0.5, 0.6) is 0 Å². The number of ether oxygens (including phenoxy) is 1. The molecule has 4 rings (SSSR count). The van der Waals surface area contributed by atoms with Gasteiger partial charge in [-0.05, 0) is 44.1 Å². The molecule has 5 nitrogen and oxygen atoms in total. The molecular weight excluding hydrogens is 288 g/mol. The monoisotopic (exact) mass is 316 g/mol. The van der Waals surface area contributed by atoms with Gasteiger partial charge in [-0.3, -0.25) is 4.90 Å². The van der Waals surface area contributed by atoms with Gasteiger partial charge in [-0.15, -0.1) is 0 Å². The fourth-order valence-corrected chi connectivity index (χ4v) is 4.49. The highest BCUT2D eigenvalue weighted by atomic mass is 16.5. The summed E-state index contributed by atoms with van der Waals surface area (Å²) < 4.78 is 5.61. The van der Waals surface area contributed by atoms with Gasteiger partial charge >= 0.3 is 0 Å². The fraction of sp³-hybridized carbons (Fsp3) is 0.778. The standard InChI is InChI=1S/C18H28N4O/c1-2-6-18(5-1)7-8-22(14-18)13-15-10-19-17(20-11-15)21-12-16-4-3-9-23-16/h10-11,16H,1-9,12-14H2,(H,19,20,21). The van der Waals surface area contributed by atoms with E-state index in [2.05, 4.69) is 20.2 Å². The van der Waals surface area contributed by atoms with Crippen LogP contribution in [0, 0.1) is 5.41 Å². The molecular formula is C18H28N4O. The SMILES string of the molecule is c1nc(NCC2CCCO2)ncc1CN1CCC2(CCCC2)C1. The second-order valence-corrected chi connectivity index (χ2v) is 7.60. The minimum atomic E-state index is 0.325. The summed E-state index contributed by atoms with van der Waals surface area (Å²) in [6, 6.07) is 0. The Bertz CT molecular complexity index is 506. The molecule has 1 aromatic rings. The predicted octanol–water partition coefficient (Wildman–Crippen LogP) is 2.83. The van der Waals surface area contributed by atoms with E-state index in [-0.39, 0.29) is 0 Å². The van der Waals surface area contributed by atoms with E-state index in [1.807, 2.05) is 12.4 Å². The van der Waals surface area contributed by atoms with Crippen molar-refractivity contribution in [3.05, 3.63) is 18.0 Å². The normalized spacial score (nSPS) is 27.0. The van der Waals surface area contributed by atoms with Crippen molar-refractivity contribution in [1.82, 2.24) is 14.9 Å². The third-order valence-electron chi connectivity index (χ3n) is 5.80. The zero-order chi connectivity index (χ0) is 15.5. The maximum Gasteiger partial charge on any atom is 0.222 e. The third-order valence-corrected chi connectivity index (χ3v) is 5.80. The van der Waals surface area contributed by atoms with E-state index in [9.17, 15) is 0 Å². The van der Waals surface area contributed by atoms with Gasteiger partial charge in [0, 0.05) is 44.2 Å². The number of likely N-dealkylation sites (tertiary alicyclic amines) is 1. The summed E-state index contributed by atoms with van der Waals surface area (Å²) in [5.74, 6) is 0.720. The highest BCUT2D eigenvalue weighted by molar-refractivity contribution is 5.25. The number of nitrogens with one attached hydrogen (secondary N) is 1. The summed E-state index contributed by atoms with van der Waals surface area (Å²) >= 11 is 0. The average molecular weight is 316 g/mol. The topological polar surface area (TPSA) is 50.3 Å². The Labute approximate surface area is 138 Å². The molecule has 2 saturated heterocycles. The lowest BCUT2D eigenvalue weighted by Crippen LogP contribution is -2.25. The van der Waals surface area contributed by atoms with E-state index >= 15 is 0 Å². The third kappa shape index (κ3) is 3.66. The molecule has 3 heterocycles. The number of hydrogen-bond acceptors (Lipinski definition) is 5. The molecule has 3 aliphatic rings. The highest BCUT2D eigenvalue weighted by Gasteiger charge is 2.39. The van der Waals surface area contributed by atoms with Crippen molar-refractivity contribution in [2.75, 3.05) is 31.6 Å². The van der Waals surface area contributed by atoms with Gasteiger partial charge in [-0.2, -0.15) is 0 Å². The molecule has 3 fully saturated rings. The molecule has 1 unspecified atom stereocenters. The molecule has 1 aliphatic carbocycles. The second kappa shape index (κ2) is 6.73. The summed E-state index contributed by atoms with van der Waals surface area (Å²) in [7, 11) is 0. The van der Waals surface area contributed by atoms with Gasteiger partial charge in [0.15, 0.2) is 0 Å². The summed E-state index contributed by atoms with van der Waals surface area (Å²) in [6.45, 7) is 5.20. The van der Waals surface area contributed by atoms with E-state index in [4.69, 9.17) is 4.74 Å². The Hall–Kier alpha value is -1.20. The number of rotatable bonds is 5. The van der Waals surface area contributed by atoms with Crippen LogP contribution in [0.2, 0.25) is 0 Å². The van der Waals surface area contributed by atoms with Gasteiger partial charge in [-0.25, -0.2) is 9.97 Å². The minimum Gasteiger partial charge on any atom is -0.376 e. The lowest BCUT2D eigenvalue weighted by molar-refractivity contribution is 0.120. The summed E-state index contributed by atoms with van der Waals surface area (Å²) in [4.78, 5) is 11.5. The Morgan fingerprint density at radius 1 is 1.17 bits per heavy atom. The van der Waals surface area contributed by atoms with Crippen LogP contribution in [0.4, 0.5) is 5.95 Å². The predicted molar refractivity (Wildman–Crippen MR) is 90.3 cm³/mol. The number of anilines is 1. The maximum atomic E-state index is 5.61. The fourth-order valence-electron chi connectivity index (χ4n) is 4.49. The molecule has 1 spiro atoms. The van der Waals surface area contributed by atoms with Crippen LogP contribution in [0.1, 0.15) is 50.5 Å². The zero-order valence-corrected chi connectivity index (χ0v) is 14.0. The second-order valence-electron chi connectivity index (χ2n) is 7.60. The lowest BCUT2D eigenvalue weighted by Gasteiger charge is -2.23. The molecule has 0 bridgehead atoms. The summed E-state index contributed by atoms with van der Waals surface area (Å²) in [5, 5.41) is 3.29. The van der Waals surface area contributed by atoms with Crippen LogP contribution >= 0.6 is 0 Å². The first-order valence-corrected chi connectivity index (χ1v) is 9.20. The van der Waals surface area contributed by atoms with Crippen LogP contribution in [-0.4, -0.2) is 47.2 Å². The lowest BCUT2D eigenvalue weighted by atomic mass is 9.86. The smallest absolute Gasteiger partial charge is 0.222 e. The first-order valence-electron chi connectivity index (χ1n) is 9.20. The van der Waals surface area contributed by atoms with Gasteiger partial charge in [0.05, 0.1) is 6.10 Å². The molecule has 0 radical (unpaired) electrons. The summed E-state index contributed by atoms with van der Waals surface area (Å²) in [6.07, 6.45) is 13.7. The van der Waals surface area contributed by atoms with Crippen LogP contribution in [0.15, 0.2) is 12.4 Å². The molecule has 5 heteroatoms. The molecule has 2 aliphatic heterocycles. The van der Waals surface area contributed by atoms with Gasteiger partial charge in [0.25, 0.3) is 0 Å². The Balaban J connectivity index is 1.26. The van der Waals surface area contributed by atoms with E-state index in [0.29, 0.717) is 11.5 Å². The van der Waals surface area contributed by atoms with Crippen molar-refractivity contribution >= 4 is 5.95 Å². The summed E-state index contributed by atoms with van der Waals surface area (Å²) in [5.41, 5.74) is 1.87. The highest BCUT2D eigenvalue weighted by Crippen LogP contribution is 2.45. The molecule has 1 atom stereocenters. The van der Waals surface area contributed by atoms with E-state index in [1.165, 1.54) is 57.2 Å². The number of nitrogens with zero attached hydrogens (tertiary/aromatic N) is 3. The van der Waals surface area contributed by atoms with Gasteiger partial charge in [0.2, 0.25) is 5.95 Å². The van der Waals surface area contributed by atoms with Crippen molar-refractivity contribution in [3.8, 4) is 0 Å². The molecule has 1 N–H and O–H groups in total. The van der Waals surface area contributed by atoms with Crippen LogP contribution in [-0.2, 0) is 11.3 Å². The first kappa shape index (κ1) is 15.3. The average Bonchev–Trinajstić information content (AvgIpc) is 3.31. The van der Waals surface area contributed by atoms with E-state index in [1.54, 1.807) is 0 Å². The van der Waals surface area contributed by atoms with Crippen molar-refractivity contribution in [2.45, 2.75) is 57.6 Å². The van der Waals surface area contributed by atoms with E-state index < -0.39 is 0 Å². The largest absolute Gasteiger partial charge is 0.376 e.